The SMILES string of the molecule is CC1(C)OB(c2cc(C(=O)ON3C(=O)CCC3=O)cc([N+](=O)[O-])c2)OC1(C)C. The molecule has 148 valence electrons. The van der Waals surface area contributed by atoms with Gasteiger partial charge in [-0.25, -0.2) is 4.79 Å². The second kappa shape index (κ2) is 6.68. The number of imide groups is 1. The zero-order valence-electron chi connectivity index (χ0n) is 15.9. The van der Waals surface area contributed by atoms with Crippen molar-refractivity contribution in [2.24, 2.45) is 0 Å². The van der Waals surface area contributed by atoms with Gasteiger partial charge in [0.2, 0.25) is 0 Å². The molecular formula is C17H19BN2O8. The maximum Gasteiger partial charge on any atom is 0.495 e. The zero-order chi connectivity index (χ0) is 20.9. The number of benzene rings is 1. The van der Waals surface area contributed by atoms with Gasteiger partial charge in [-0.1, -0.05) is 0 Å². The summed E-state index contributed by atoms with van der Waals surface area (Å²) in [5, 5.41) is 11.7. The second-order valence-corrected chi connectivity index (χ2v) is 7.62. The van der Waals surface area contributed by atoms with Gasteiger partial charge >= 0.3 is 13.1 Å². The Kier molecular flexibility index (Phi) is 4.76. The fraction of sp³-hybridized carbons (Fsp3) is 0.471. The van der Waals surface area contributed by atoms with Gasteiger partial charge < -0.3 is 14.1 Å². The molecule has 10 nitrogen and oxygen atoms in total. The molecule has 2 aliphatic rings. The highest BCUT2D eigenvalue weighted by atomic mass is 16.7. The van der Waals surface area contributed by atoms with E-state index in [1.807, 2.05) is 27.7 Å². The fourth-order valence-corrected chi connectivity index (χ4v) is 2.77. The molecule has 2 heterocycles. The number of nitro benzene ring substituents is 1. The van der Waals surface area contributed by atoms with Gasteiger partial charge in [-0.3, -0.25) is 19.7 Å². The fourth-order valence-electron chi connectivity index (χ4n) is 2.77. The van der Waals surface area contributed by atoms with Gasteiger partial charge in [0.1, 0.15) is 0 Å². The largest absolute Gasteiger partial charge is 0.495 e. The maximum atomic E-state index is 12.4. The summed E-state index contributed by atoms with van der Waals surface area (Å²) in [6.07, 6.45) is -0.111. The Hall–Kier alpha value is -2.79. The summed E-state index contributed by atoms with van der Waals surface area (Å²) in [5.41, 5.74) is -1.70. The number of rotatable bonds is 4. The van der Waals surface area contributed by atoms with Crippen LogP contribution in [0.2, 0.25) is 0 Å². The van der Waals surface area contributed by atoms with Crippen LogP contribution in [-0.2, 0) is 23.7 Å². The van der Waals surface area contributed by atoms with E-state index in [9.17, 15) is 24.5 Å². The van der Waals surface area contributed by atoms with Crippen LogP contribution >= 0.6 is 0 Å². The highest BCUT2D eigenvalue weighted by Gasteiger charge is 2.52. The number of carbonyl (C=O) groups excluding carboxylic acids is 3. The van der Waals surface area contributed by atoms with Gasteiger partial charge in [-0.2, -0.15) is 0 Å². The lowest BCUT2D eigenvalue weighted by Gasteiger charge is -2.32. The third-order valence-corrected chi connectivity index (χ3v) is 5.09. The summed E-state index contributed by atoms with van der Waals surface area (Å²) >= 11 is 0. The van der Waals surface area contributed by atoms with E-state index in [4.69, 9.17) is 14.1 Å². The number of non-ortho nitro benzene ring substituents is 1. The molecule has 0 bridgehead atoms. The molecule has 0 aromatic heterocycles. The molecule has 2 aliphatic heterocycles. The smallest absolute Gasteiger partial charge is 0.399 e. The van der Waals surface area contributed by atoms with E-state index in [0.29, 0.717) is 5.06 Å². The van der Waals surface area contributed by atoms with E-state index >= 15 is 0 Å². The lowest BCUT2D eigenvalue weighted by atomic mass is 9.78. The molecular weight excluding hydrogens is 371 g/mol. The first-order chi connectivity index (χ1) is 12.9. The van der Waals surface area contributed by atoms with Crippen molar-refractivity contribution in [3.8, 4) is 0 Å². The number of hydrogen-bond acceptors (Lipinski definition) is 8. The van der Waals surface area contributed by atoms with Crippen LogP contribution in [-0.4, -0.2) is 46.1 Å². The standard InChI is InChI=1S/C17H19BN2O8/c1-16(2)17(3,4)28-18(27-16)11-7-10(8-12(9-11)20(24)25)15(23)26-19-13(21)5-6-14(19)22/h7-9H,5-6H2,1-4H3. The van der Waals surface area contributed by atoms with Crippen LogP contribution in [0.25, 0.3) is 0 Å². The third-order valence-electron chi connectivity index (χ3n) is 5.09. The van der Waals surface area contributed by atoms with Crippen LogP contribution in [0.15, 0.2) is 18.2 Å². The number of nitro groups is 1. The Bertz CT molecular complexity index is 850. The first-order valence-electron chi connectivity index (χ1n) is 8.64. The predicted octanol–water partition coefficient (Wildman–Crippen LogP) is 1.11. The van der Waals surface area contributed by atoms with Gasteiger partial charge in [0.15, 0.2) is 0 Å². The van der Waals surface area contributed by atoms with Crippen LogP contribution in [0.5, 0.6) is 0 Å². The molecule has 28 heavy (non-hydrogen) atoms. The lowest BCUT2D eigenvalue weighted by Crippen LogP contribution is -2.41. The molecule has 0 N–H and O–H groups in total. The van der Waals surface area contributed by atoms with Crippen LogP contribution in [0.4, 0.5) is 5.69 Å². The van der Waals surface area contributed by atoms with Gasteiger partial charge in [-0.05, 0) is 39.2 Å². The topological polar surface area (TPSA) is 125 Å². The van der Waals surface area contributed by atoms with E-state index in [0.717, 1.165) is 6.07 Å². The molecule has 2 amide bonds. The van der Waals surface area contributed by atoms with Crippen molar-refractivity contribution in [2.45, 2.75) is 51.7 Å². The Morgan fingerprint density at radius 2 is 1.64 bits per heavy atom. The van der Waals surface area contributed by atoms with Crippen molar-refractivity contribution in [2.75, 3.05) is 0 Å². The Morgan fingerprint density at radius 1 is 1.11 bits per heavy atom. The van der Waals surface area contributed by atoms with Crippen LogP contribution in [0.3, 0.4) is 0 Å². The molecule has 0 aliphatic carbocycles. The van der Waals surface area contributed by atoms with Crippen molar-refractivity contribution in [3.63, 3.8) is 0 Å². The average molecular weight is 390 g/mol. The molecule has 3 rings (SSSR count). The predicted molar refractivity (Wildman–Crippen MR) is 95.3 cm³/mol. The molecule has 2 fully saturated rings. The van der Waals surface area contributed by atoms with Gasteiger partial charge in [0, 0.05) is 25.0 Å². The van der Waals surface area contributed by atoms with Crippen molar-refractivity contribution in [1.82, 2.24) is 5.06 Å². The van der Waals surface area contributed by atoms with Crippen LogP contribution in [0, 0.1) is 10.1 Å². The number of hydroxylamine groups is 2. The van der Waals surface area contributed by atoms with Crippen molar-refractivity contribution in [1.29, 1.82) is 0 Å². The molecule has 1 aromatic rings. The van der Waals surface area contributed by atoms with Gasteiger partial charge in [0.25, 0.3) is 17.5 Å². The van der Waals surface area contributed by atoms with Crippen molar-refractivity contribution in [3.05, 3.63) is 33.9 Å². The summed E-state index contributed by atoms with van der Waals surface area (Å²) in [7, 11) is -0.938. The molecule has 0 radical (unpaired) electrons. The Labute approximate surface area is 161 Å². The summed E-state index contributed by atoms with van der Waals surface area (Å²) in [6.45, 7) is 7.29. The number of hydrogen-bond donors (Lipinski definition) is 0. The quantitative estimate of drug-likeness (QED) is 0.324. The number of amides is 2. The normalized spacial score (nSPS) is 20.6. The number of carbonyl (C=O) groups is 3. The van der Waals surface area contributed by atoms with Crippen molar-refractivity contribution >= 4 is 36.1 Å². The third kappa shape index (κ3) is 3.50. The minimum Gasteiger partial charge on any atom is -0.399 e. The molecule has 0 saturated carbocycles. The van der Waals surface area contributed by atoms with E-state index in [2.05, 4.69) is 0 Å². The molecule has 0 atom stereocenters. The van der Waals surface area contributed by atoms with E-state index < -0.39 is 41.0 Å². The van der Waals surface area contributed by atoms with Gasteiger partial charge in [0.05, 0.1) is 21.7 Å². The summed E-state index contributed by atoms with van der Waals surface area (Å²) in [5.74, 6) is -2.35. The molecule has 11 heteroatoms. The monoisotopic (exact) mass is 390 g/mol. The zero-order valence-corrected chi connectivity index (χ0v) is 15.9. The Morgan fingerprint density at radius 3 is 2.14 bits per heavy atom. The van der Waals surface area contributed by atoms with E-state index in [-0.39, 0.29) is 29.6 Å². The van der Waals surface area contributed by atoms with E-state index in [1.54, 1.807) is 0 Å². The summed E-state index contributed by atoms with van der Waals surface area (Å²) < 4.78 is 11.7. The first kappa shape index (κ1) is 20.0. The lowest BCUT2D eigenvalue weighted by molar-refractivity contribution is -0.384. The van der Waals surface area contributed by atoms with Gasteiger partial charge in [-0.15, -0.1) is 5.06 Å². The van der Waals surface area contributed by atoms with Crippen LogP contribution < -0.4 is 5.46 Å². The number of nitrogens with zero attached hydrogens (tertiary/aromatic N) is 2. The summed E-state index contributed by atoms with van der Waals surface area (Å²) in [4.78, 5) is 51.1. The van der Waals surface area contributed by atoms with Crippen molar-refractivity contribution < 1.29 is 33.5 Å². The highest BCUT2D eigenvalue weighted by Crippen LogP contribution is 2.36. The highest BCUT2D eigenvalue weighted by molar-refractivity contribution is 6.62. The maximum absolute atomic E-state index is 12.4. The first-order valence-corrected chi connectivity index (χ1v) is 8.64. The Balaban J connectivity index is 1.92. The summed E-state index contributed by atoms with van der Waals surface area (Å²) in [6, 6.07) is 3.57. The minimum absolute atomic E-state index is 0.0553. The average Bonchev–Trinajstić information content (AvgIpc) is 3.03. The molecule has 2 saturated heterocycles. The molecule has 1 aromatic carbocycles. The minimum atomic E-state index is -1.06. The van der Waals surface area contributed by atoms with Crippen LogP contribution in [0.1, 0.15) is 50.9 Å². The molecule has 0 spiro atoms. The second-order valence-electron chi connectivity index (χ2n) is 7.62. The van der Waals surface area contributed by atoms with E-state index in [1.165, 1.54) is 12.1 Å². The molecule has 0 unspecified atom stereocenters.